The Morgan fingerprint density at radius 3 is 2.08 bits per heavy atom. The molecule has 0 spiro atoms. The second-order valence-electron chi connectivity index (χ2n) is 2.46. The largest absolute Gasteiger partial charge is 0.369 e. The molecule has 0 aliphatic heterocycles. The first-order valence-electron chi connectivity index (χ1n) is 3.35. The zero-order chi connectivity index (χ0) is 10.9. The molecule has 0 rings (SSSR count). The first-order valence-corrected chi connectivity index (χ1v) is 4.79. The zero-order valence-corrected chi connectivity index (χ0v) is 7.84. The van der Waals surface area contributed by atoms with Gasteiger partial charge >= 0.3 is 0 Å². The highest BCUT2D eigenvalue weighted by Crippen LogP contribution is 2.24. The van der Waals surface area contributed by atoms with Gasteiger partial charge in [0.05, 0.1) is 5.57 Å². The van der Waals surface area contributed by atoms with Gasteiger partial charge in [0.2, 0.25) is 10.8 Å². The van der Waals surface area contributed by atoms with E-state index in [0.717, 1.165) is 0 Å². The molecule has 4 N–H and O–H groups in total. The van der Waals surface area contributed by atoms with Crippen LogP contribution in [0.15, 0.2) is 12.2 Å². The lowest BCUT2D eigenvalue weighted by Crippen LogP contribution is -2.43. The van der Waals surface area contributed by atoms with E-state index in [1.54, 1.807) is 0 Å². The minimum Gasteiger partial charge on any atom is -0.369 e. The van der Waals surface area contributed by atoms with Crippen molar-refractivity contribution in [1.82, 2.24) is 0 Å². The highest BCUT2D eigenvalue weighted by molar-refractivity contribution is 7.87. The maximum Gasteiger partial charge on any atom is 0.299 e. The molecule has 0 aromatic rings. The molecule has 1 amide bonds. The van der Waals surface area contributed by atoms with Crippen LogP contribution in [0.3, 0.4) is 0 Å². The molecule has 13 heavy (non-hydrogen) atoms. The smallest absolute Gasteiger partial charge is 0.299 e. The van der Waals surface area contributed by atoms with Crippen LogP contribution in [0.25, 0.3) is 0 Å². The topological polar surface area (TPSA) is 118 Å². The zero-order valence-electron chi connectivity index (χ0n) is 7.02. The molecule has 1 atom stereocenters. The van der Waals surface area contributed by atoms with E-state index in [1.165, 1.54) is 6.92 Å². The molecule has 0 aromatic carbocycles. The number of aliphatic hydroxyl groups is 1. The lowest BCUT2D eigenvalue weighted by Gasteiger charge is -2.23. The quantitative estimate of drug-likeness (QED) is 0.406. The molecule has 0 radical (unpaired) electrons. The second-order valence-corrected chi connectivity index (χ2v) is 4.08. The standard InChI is InChI=1S/C6H11NO5S/c1-3-6(9,13(10,11)12)4(2)5(7)8/h9H,2-3H2,1H3,(H2,7,8)(H,10,11,12). The third-order valence-electron chi connectivity index (χ3n) is 1.67. The molecule has 0 saturated carbocycles. The van der Waals surface area contributed by atoms with Crippen LogP contribution in [-0.4, -0.2) is 28.9 Å². The molecule has 0 aliphatic carbocycles. The van der Waals surface area contributed by atoms with Crippen LogP contribution in [0.1, 0.15) is 13.3 Å². The van der Waals surface area contributed by atoms with Gasteiger partial charge in [-0.3, -0.25) is 9.35 Å². The van der Waals surface area contributed by atoms with E-state index in [4.69, 9.17) is 10.3 Å². The second kappa shape index (κ2) is 3.44. The summed E-state index contributed by atoms with van der Waals surface area (Å²) in [6.45, 7) is 4.27. The minimum absolute atomic E-state index is 0.409. The lowest BCUT2D eigenvalue weighted by molar-refractivity contribution is -0.115. The molecule has 0 heterocycles. The summed E-state index contributed by atoms with van der Waals surface area (Å²) in [5.74, 6) is -1.18. The number of hydrogen-bond acceptors (Lipinski definition) is 4. The van der Waals surface area contributed by atoms with Crippen molar-refractivity contribution in [2.45, 2.75) is 18.3 Å². The number of rotatable bonds is 4. The molecular weight excluding hydrogens is 198 g/mol. The minimum atomic E-state index is -4.80. The molecular formula is C6H11NO5S. The highest BCUT2D eigenvalue weighted by atomic mass is 32.2. The average molecular weight is 209 g/mol. The summed E-state index contributed by atoms with van der Waals surface area (Å²) in [7, 11) is -4.80. The normalized spacial score (nSPS) is 16.2. The first kappa shape index (κ1) is 12.1. The van der Waals surface area contributed by atoms with Gasteiger partial charge < -0.3 is 10.8 Å². The van der Waals surface area contributed by atoms with Gasteiger partial charge in [-0.2, -0.15) is 8.42 Å². The van der Waals surface area contributed by atoms with Crippen LogP contribution in [0, 0.1) is 0 Å². The Morgan fingerprint density at radius 1 is 1.62 bits per heavy atom. The van der Waals surface area contributed by atoms with Crippen LogP contribution < -0.4 is 5.73 Å². The summed E-state index contributed by atoms with van der Waals surface area (Å²) in [5.41, 5.74) is 3.97. The predicted octanol–water partition coefficient (Wildman–Crippen LogP) is -0.986. The summed E-state index contributed by atoms with van der Waals surface area (Å²) in [4.78, 5) is 7.86. The van der Waals surface area contributed by atoms with Gasteiger partial charge in [-0.05, 0) is 6.42 Å². The molecule has 0 saturated heterocycles. The van der Waals surface area contributed by atoms with E-state index in [9.17, 15) is 18.3 Å². The van der Waals surface area contributed by atoms with E-state index in [-0.39, 0.29) is 0 Å². The summed E-state index contributed by atoms with van der Waals surface area (Å²) < 4.78 is 29.9. The van der Waals surface area contributed by atoms with Crippen LogP contribution in [0.4, 0.5) is 0 Å². The first-order chi connectivity index (χ1) is 5.66. The van der Waals surface area contributed by atoms with E-state index in [2.05, 4.69) is 6.58 Å². The molecule has 6 nitrogen and oxygen atoms in total. The maximum atomic E-state index is 10.7. The molecule has 0 aliphatic rings. The third kappa shape index (κ3) is 2.06. The molecule has 0 aromatic heterocycles. The number of hydrogen-bond donors (Lipinski definition) is 3. The lowest BCUT2D eigenvalue weighted by atomic mass is 10.1. The Balaban J connectivity index is 5.33. The fraction of sp³-hybridized carbons (Fsp3) is 0.500. The molecule has 76 valence electrons. The Hall–Kier alpha value is -0.920. The third-order valence-corrected chi connectivity index (χ3v) is 3.06. The van der Waals surface area contributed by atoms with Crippen molar-refractivity contribution in [2.75, 3.05) is 0 Å². The number of nitrogens with two attached hydrogens (primary N) is 1. The van der Waals surface area contributed by atoms with Crippen molar-refractivity contribution >= 4 is 16.0 Å². The molecule has 1 unspecified atom stereocenters. The van der Waals surface area contributed by atoms with Gasteiger partial charge in [0, 0.05) is 0 Å². The van der Waals surface area contributed by atoms with Gasteiger partial charge in [0.1, 0.15) is 0 Å². The molecule has 0 fully saturated rings. The van der Waals surface area contributed by atoms with Crippen LogP contribution in [0.5, 0.6) is 0 Å². The molecule has 0 bridgehead atoms. The van der Waals surface area contributed by atoms with Gasteiger partial charge in [0.15, 0.2) is 0 Å². The van der Waals surface area contributed by atoms with Gasteiger partial charge in [-0.1, -0.05) is 13.5 Å². The Kier molecular flexibility index (Phi) is 3.20. The average Bonchev–Trinajstić information content (AvgIpc) is 1.99. The van der Waals surface area contributed by atoms with Crippen LogP contribution in [-0.2, 0) is 14.9 Å². The predicted molar refractivity (Wildman–Crippen MR) is 45.1 cm³/mol. The summed E-state index contributed by atoms with van der Waals surface area (Å²) in [5, 5.41) is 9.36. The van der Waals surface area contributed by atoms with E-state index < -0.39 is 33.0 Å². The van der Waals surface area contributed by atoms with Crippen molar-refractivity contribution in [3.05, 3.63) is 12.2 Å². The maximum absolute atomic E-state index is 10.7. The van der Waals surface area contributed by atoms with E-state index in [0.29, 0.717) is 0 Å². The Labute approximate surface area is 75.8 Å². The SMILES string of the molecule is C=C(C(N)=O)C(O)(CC)S(=O)(=O)O. The number of amides is 1. The van der Waals surface area contributed by atoms with E-state index >= 15 is 0 Å². The summed E-state index contributed by atoms with van der Waals surface area (Å²) in [6, 6.07) is 0. The number of carbonyl (C=O) groups excluding carboxylic acids is 1. The Morgan fingerprint density at radius 2 is 2.00 bits per heavy atom. The van der Waals surface area contributed by atoms with Crippen molar-refractivity contribution in [2.24, 2.45) is 5.73 Å². The fourth-order valence-electron chi connectivity index (χ4n) is 0.744. The van der Waals surface area contributed by atoms with Crippen LogP contribution >= 0.6 is 0 Å². The Bertz CT molecular complexity index is 333. The van der Waals surface area contributed by atoms with Crippen molar-refractivity contribution in [3.63, 3.8) is 0 Å². The van der Waals surface area contributed by atoms with Crippen molar-refractivity contribution in [3.8, 4) is 0 Å². The van der Waals surface area contributed by atoms with Crippen molar-refractivity contribution < 1.29 is 22.9 Å². The van der Waals surface area contributed by atoms with Gasteiger partial charge in [0.25, 0.3) is 10.1 Å². The van der Waals surface area contributed by atoms with Crippen LogP contribution in [0.2, 0.25) is 0 Å². The molecule has 7 heteroatoms. The van der Waals surface area contributed by atoms with E-state index in [1.807, 2.05) is 0 Å². The van der Waals surface area contributed by atoms with Gasteiger partial charge in [-0.25, -0.2) is 0 Å². The number of carbonyl (C=O) groups is 1. The monoisotopic (exact) mass is 209 g/mol. The highest BCUT2D eigenvalue weighted by Gasteiger charge is 2.44. The van der Waals surface area contributed by atoms with Crippen molar-refractivity contribution in [1.29, 1.82) is 0 Å². The summed E-state index contributed by atoms with van der Waals surface area (Å²) in [6.07, 6.45) is -0.409. The van der Waals surface area contributed by atoms with Gasteiger partial charge in [-0.15, -0.1) is 0 Å². The summed E-state index contributed by atoms with van der Waals surface area (Å²) >= 11 is 0. The number of primary amides is 1. The fourth-order valence-corrected chi connectivity index (χ4v) is 1.52.